The lowest BCUT2D eigenvalue weighted by Crippen LogP contribution is -2.41. The van der Waals surface area contributed by atoms with Crippen LogP contribution in [-0.4, -0.2) is 37.2 Å². The smallest absolute Gasteiger partial charge is 0.0674 e. The Labute approximate surface area is 95.0 Å². The fourth-order valence-electron chi connectivity index (χ4n) is 2.21. The number of hydrogen-bond acceptors (Lipinski definition) is 2. The zero-order chi connectivity index (χ0) is 10.9. The molecule has 2 heteroatoms. The van der Waals surface area contributed by atoms with Crippen LogP contribution < -0.4 is 0 Å². The largest absolute Gasteiger partial charge is 0.376 e. The average Bonchev–Trinajstić information content (AvgIpc) is 2.23. The molecule has 0 bridgehead atoms. The fraction of sp³-hybridized carbons (Fsp3) is 1.00. The maximum Gasteiger partial charge on any atom is 0.0674 e. The van der Waals surface area contributed by atoms with Gasteiger partial charge in [-0.2, -0.15) is 0 Å². The first-order valence-electron chi connectivity index (χ1n) is 6.67. The van der Waals surface area contributed by atoms with Crippen molar-refractivity contribution in [3.05, 3.63) is 0 Å². The lowest BCUT2D eigenvalue weighted by atomic mass is 10.1. The highest BCUT2D eigenvalue weighted by atomic mass is 16.5. The average molecular weight is 213 g/mol. The van der Waals surface area contributed by atoms with Gasteiger partial charge in [0.1, 0.15) is 0 Å². The molecular weight excluding hydrogens is 186 g/mol. The monoisotopic (exact) mass is 213 g/mol. The Morgan fingerprint density at radius 1 is 1.13 bits per heavy atom. The minimum absolute atomic E-state index is 0.443. The molecular formula is C13H27NO. The predicted octanol–water partition coefficient (Wildman–Crippen LogP) is 3.07. The van der Waals surface area contributed by atoms with Crippen molar-refractivity contribution in [1.29, 1.82) is 0 Å². The molecule has 0 aliphatic carbocycles. The summed E-state index contributed by atoms with van der Waals surface area (Å²) in [6, 6.07) is 0. The van der Waals surface area contributed by atoms with Crippen molar-refractivity contribution in [3.8, 4) is 0 Å². The van der Waals surface area contributed by atoms with Crippen LogP contribution in [0.25, 0.3) is 0 Å². The molecule has 2 nitrogen and oxygen atoms in total. The Morgan fingerprint density at radius 3 is 2.60 bits per heavy atom. The van der Waals surface area contributed by atoms with Gasteiger partial charge < -0.3 is 4.74 Å². The Morgan fingerprint density at radius 2 is 1.87 bits per heavy atom. The quantitative estimate of drug-likeness (QED) is 0.603. The summed E-state index contributed by atoms with van der Waals surface area (Å²) in [5.41, 5.74) is 0. The van der Waals surface area contributed by atoms with Crippen LogP contribution in [-0.2, 0) is 4.74 Å². The van der Waals surface area contributed by atoms with E-state index >= 15 is 0 Å². The number of morpholine rings is 1. The van der Waals surface area contributed by atoms with Gasteiger partial charge in [-0.15, -0.1) is 0 Å². The molecule has 0 radical (unpaired) electrons. The van der Waals surface area contributed by atoms with E-state index in [9.17, 15) is 0 Å². The van der Waals surface area contributed by atoms with E-state index < -0.39 is 0 Å². The summed E-state index contributed by atoms with van der Waals surface area (Å²) in [5, 5.41) is 0. The molecule has 0 saturated carbocycles. The molecule has 0 spiro atoms. The van der Waals surface area contributed by atoms with E-state index in [1.54, 1.807) is 0 Å². The van der Waals surface area contributed by atoms with Crippen LogP contribution in [0, 0.1) is 0 Å². The van der Waals surface area contributed by atoms with Gasteiger partial charge in [0.2, 0.25) is 0 Å². The first-order valence-corrected chi connectivity index (χ1v) is 6.67. The zero-order valence-electron chi connectivity index (χ0n) is 10.5. The van der Waals surface area contributed by atoms with E-state index in [0.29, 0.717) is 6.10 Å². The van der Waals surface area contributed by atoms with Gasteiger partial charge in [0.15, 0.2) is 0 Å². The van der Waals surface area contributed by atoms with Gasteiger partial charge >= 0.3 is 0 Å². The molecule has 0 N–H and O–H groups in total. The maximum absolute atomic E-state index is 5.53. The number of ether oxygens (including phenoxy) is 1. The molecule has 1 fully saturated rings. The number of hydrogen-bond donors (Lipinski definition) is 0. The van der Waals surface area contributed by atoms with Crippen LogP contribution in [0.2, 0.25) is 0 Å². The standard InChI is InChI=1S/C13H27NO/c1-3-4-5-6-7-8-9-14-10-11-15-13(2)12-14/h13H,3-12H2,1-2H3. The van der Waals surface area contributed by atoms with Crippen LogP contribution in [0.15, 0.2) is 0 Å². The van der Waals surface area contributed by atoms with E-state index in [-0.39, 0.29) is 0 Å². The molecule has 0 aromatic rings. The molecule has 0 aromatic heterocycles. The summed E-state index contributed by atoms with van der Waals surface area (Å²) < 4.78 is 5.53. The van der Waals surface area contributed by atoms with Gasteiger partial charge in [0, 0.05) is 13.1 Å². The van der Waals surface area contributed by atoms with E-state index in [1.807, 2.05) is 0 Å². The second kappa shape index (κ2) is 8.12. The van der Waals surface area contributed by atoms with E-state index in [2.05, 4.69) is 18.7 Å². The first-order chi connectivity index (χ1) is 7.33. The number of rotatable bonds is 7. The fourth-order valence-corrected chi connectivity index (χ4v) is 2.21. The minimum atomic E-state index is 0.443. The Hall–Kier alpha value is -0.0800. The summed E-state index contributed by atoms with van der Waals surface area (Å²) in [5.74, 6) is 0. The van der Waals surface area contributed by atoms with Crippen molar-refractivity contribution in [2.45, 2.75) is 58.5 Å². The molecule has 1 heterocycles. The summed E-state index contributed by atoms with van der Waals surface area (Å²) in [6.07, 6.45) is 8.83. The van der Waals surface area contributed by atoms with Crippen molar-refractivity contribution in [1.82, 2.24) is 4.90 Å². The second-order valence-corrected chi connectivity index (χ2v) is 4.75. The van der Waals surface area contributed by atoms with Crippen molar-refractivity contribution >= 4 is 0 Å². The highest BCUT2D eigenvalue weighted by Crippen LogP contribution is 2.08. The predicted molar refractivity (Wildman–Crippen MR) is 65.2 cm³/mol. The van der Waals surface area contributed by atoms with Gasteiger partial charge in [-0.3, -0.25) is 4.90 Å². The van der Waals surface area contributed by atoms with Gasteiger partial charge in [0.25, 0.3) is 0 Å². The van der Waals surface area contributed by atoms with Crippen molar-refractivity contribution < 1.29 is 4.74 Å². The van der Waals surface area contributed by atoms with E-state index in [0.717, 1.165) is 19.7 Å². The Kier molecular flexibility index (Phi) is 7.03. The third-order valence-electron chi connectivity index (χ3n) is 3.15. The van der Waals surface area contributed by atoms with E-state index in [1.165, 1.54) is 45.1 Å². The van der Waals surface area contributed by atoms with Crippen LogP contribution in [0.3, 0.4) is 0 Å². The molecule has 90 valence electrons. The van der Waals surface area contributed by atoms with Gasteiger partial charge in [0.05, 0.1) is 12.7 Å². The van der Waals surface area contributed by atoms with E-state index in [4.69, 9.17) is 4.74 Å². The Bertz CT molecular complexity index is 149. The molecule has 1 rings (SSSR count). The minimum Gasteiger partial charge on any atom is -0.376 e. The molecule has 1 atom stereocenters. The summed E-state index contributed by atoms with van der Waals surface area (Å²) >= 11 is 0. The molecule has 1 unspecified atom stereocenters. The summed E-state index contributed by atoms with van der Waals surface area (Å²) in [4.78, 5) is 2.55. The first kappa shape index (κ1) is 13.0. The normalized spacial score (nSPS) is 23.2. The van der Waals surface area contributed by atoms with Crippen LogP contribution in [0.1, 0.15) is 52.4 Å². The third-order valence-corrected chi connectivity index (χ3v) is 3.15. The summed E-state index contributed by atoms with van der Waals surface area (Å²) in [6.45, 7) is 8.92. The Balaban J connectivity index is 1.90. The molecule has 1 aliphatic rings. The second-order valence-electron chi connectivity index (χ2n) is 4.75. The highest BCUT2D eigenvalue weighted by molar-refractivity contribution is 4.67. The maximum atomic E-state index is 5.53. The van der Waals surface area contributed by atoms with Gasteiger partial charge in [-0.05, 0) is 19.9 Å². The highest BCUT2D eigenvalue weighted by Gasteiger charge is 2.15. The SMILES string of the molecule is CCCCCCCCN1CCOC(C)C1. The van der Waals surface area contributed by atoms with Gasteiger partial charge in [-0.1, -0.05) is 39.0 Å². The molecule has 15 heavy (non-hydrogen) atoms. The lowest BCUT2D eigenvalue weighted by Gasteiger charge is -2.30. The van der Waals surface area contributed by atoms with Gasteiger partial charge in [-0.25, -0.2) is 0 Å². The van der Waals surface area contributed by atoms with Crippen molar-refractivity contribution in [2.24, 2.45) is 0 Å². The number of unbranched alkanes of at least 4 members (excludes halogenated alkanes) is 5. The van der Waals surface area contributed by atoms with Crippen LogP contribution in [0.4, 0.5) is 0 Å². The zero-order valence-corrected chi connectivity index (χ0v) is 10.5. The molecule has 0 aromatic carbocycles. The molecule has 0 amide bonds. The molecule has 1 aliphatic heterocycles. The third kappa shape index (κ3) is 6.16. The lowest BCUT2D eigenvalue weighted by molar-refractivity contribution is -0.0186. The van der Waals surface area contributed by atoms with Crippen LogP contribution in [0.5, 0.6) is 0 Å². The number of nitrogens with zero attached hydrogens (tertiary/aromatic N) is 1. The van der Waals surface area contributed by atoms with Crippen LogP contribution >= 0.6 is 0 Å². The molecule has 1 saturated heterocycles. The topological polar surface area (TPSA) is 12.5 Å². The summed E-state index contributed by atoms with van der Waals surface area (Å²) in [7, 11) is 0. The van der Waals surface area contributed by atoms with Crippen molar-refractivity contribution in [2.75, 3.05) is 26.2 Å². The van der Waals surface area contributed by atoms with Crippen molar-refractivity contribution in [3.63, 3.8) is 0 Å².